The lowest BCUT2D eigenvalue weighted by Gasteiger charge is -2.16. The average Bonchev–Trinajstić information content (AvgIpc) is 2.02. The van der Waals surface area contributed by atoms with Gasteiger partial charge in [-0.3, -0.25) is 10.1 Å². The molecule has 0 bridgehead atoms. The average molecular weight is 197 g/mol. The first-order valence-electron chi connectivity index (χ1n) is 4.10. The zero-order valence-electron chi connectivity index (χ0n) is 7.46. The van der Waals surface area contributed by atoms with Crippen LogP contribution in [0, 0.1) is 10.1 Å². The number of benzene rings is 1. The molecule has 5 heteroatoms. The summed E-state index contributed by atoms with van der Waals surface area (Å²) in [5.41, 5.74) is 0.652. The number of hydrogen-bond acceptors (Lipinski definition) is 4. The van der Waals surface area contributed by atoms with Crippen molar-refractivity contribution in [1.29, 1.82) is 0 Å². The van der Waals surface area contributed by atoms with Crippen LogP contribution in [0.15, 0.2) is 30.3 Å². The maximum atomic E-state index is 10.1. The molecule has 0 atom stereocenters. The number of hydrogen-bond donors (Lipinski definition) is 2. The molecule has 0 spiro atoms. The normalized spacial score (nSPS) is 11.3. The second-order valence-corrected chi connectivity index (χ2v) is 3.14. The van der Waals surface area contributed by atoms with E-state index in [1.54, 1.807) is 30.3 Å². The van der Waals surface area contributed by atoms with Crippen molar-refractivity contribution < 1.29 is 15.1 Å². The molecular formula is C9H11NO4. The van der Waals surface area contributed by atoms with Gasteiger partial charge in [0.1, 0.15) is 0 Å². The third kappa shape index (κ3) is 3.51. The Balaban J connectivity index is 2.63. The van der Waals surface area contributed by atoms with Crippen molar-refractivity contribution >= 4 is 0 Å². The molecule has 1 aromatic rings. The summed E-state index contributed by atoms with van der Waals surface area (Å²) in [6.45, 7) is -0.873. The topological polar surface area (TPSA) is 83.6 Å². The highest BCUT2D eigenvalue weighted by Crippen LogP contribution is 2.10. The lowest BCUT2D eigenvalue weighted by molar-refractivity contribution is -0.517. The van der Waals surface area contributed by atoms with Gasteiger partial charge in [0.15, 0.2) is 0 Å². The fraction of sp³-hybridized carbons (Fsp3) is 0.333. The van der Waals surface area contributed by atoms with Gasteiger partial charge in [-0.25, -0.2) is 0 Å². The summed E-state index contributed by atoms with van der Waals surface area (Å²) in [5, 5.41) is 28.6. The van der Waals surface area contributed by atoms with E-state index in [4.69, 9.17) is 0 Å². The van der Waals surface area contributed by atoms with Crippen LogP contribution in [-0.4, -0.2) is 27.5 Å². The number of nitrogens with zero attached hydrogens (tertiary/aromatic N) is 1. The third-order valence-electron chi connectivity index (χ3n) is 1.71. The minimum absolute atomic E-state index is 0.144. The lowest BCUT2D eigenvalue weighted by atomic mass is 10.1. The molecule has 0 saturated carbocycles. The molecule has 0 radical (unpaired) electrons. The first-order chi connectivity index (χ1) is 6.49. The van der Waals surface area contributed by atoms with Crippen molar-refractivity contribution in [2.75, 3.05) is 6.54 Å². The Morgan fingerprint density at radius 1 is 1.29 bits per heavy atom. The second-order valence-electron chi connectivity index (χ2n) is 3.14. The van der Waals surface area contributed by atoms with E-state index in [9.17, 15) is 20.3 Å². The van der Waals surface area contributed by atoms with E-state index in [0.29, 0.717) is 5.56 Å². The minimum Gasteiger partial charge on any atom is -0.360 e. The summed E-state index contributed by atoms with van der Waals surface area (Å²) in [6, 6.07) is 8.62. The lowest BCUT2D eigenvalue weighted by Crippen LogP contribution is -2.38. The number of nitro groups is 1. The first kappa shape index (κ1) is 10.6. The van der Waals surface area contributed by atoms with E-state index in [2.05, 4.69) is 0 Å². The Kier molecular flexibility index (Phi) is 3.16. The van der Waals surface area contributed by atoms with Gasteiger partial charge < -0.3 is 10.2 Å². The molecule has 14 heavy (non-hydrogen) atoms. The van der Waals surface area contributed by atoms with Gasteiger partial charge in [-0.05, 0) is 5.56 Å². The van der Waals surface area contributed by atoms with Crippen molar-refractivity contribution in [3.8, 4) is 0 Å². The van der Waals surface area contributed by atoms with Crippen LogP contribution >= 0.6 is 0 Å². The van der Waals surface area contributed by atoms with Crippen LogP contribution in [0.5, 0.6) is 0 Å². The Labute approximate surface area is 80.8 Å². The molecule has 0 aliphatic carbocycles. The molecule has 0 aromatic heterocycles. The highest BCUT2D eigenvalue weighted by Gasteiger charge is 2.29. The minimum atomic E-state index is -2.27. The van der Waals surface area contributed by atoms with Gasteiger partial charge in [0.05, 0.1) is 0 Å². The van der Waals surface area contributed by atoms with Gasteiger partial charge in [-0.15, -0.1) is 0 Å². The molecule has 5 nitrogen and oxygen atoms in total. The van der Waals surface area contributed by atoms with Gasteiger partial charge in [-0.1, -0.05) is 30.3 Å². The SMILES string of the molecule is O=[N+]([O-])CC(O)(O)Cc1ccccc1. The van der Waals surface area contributed by atoms with Crippen LogP contribution in [0.3, 0.4) is 0 Å². The van der Waals surface area contributed by atoms with E-state index in [1.165, 1.54) is 0 Å². The molecule has 0 saturated heterocycles. The van der Waals surface area contributed by atoms with Crippen LogP contribution < -0.4 is 0 Å². The van der Waals surface area contributed by atoms with E-state index >= 15 is 0 Å². The molecule has 1 aromatic carbocycles. The van der Waals surface area contributed by atoms with Crippen LogP contribution in [0.2, 0.25) is 0 Å². The fourth-order valence-electron chi connectivity index (χ4n) is 1.19. The molecule has 1 rings (SSSR count). The Bertz CT molecular complexity index is 310. The molecule has 0 fully saturated rings. The monoisotopic (exact) mass is 197 g/mol. The van der Waals surface area contributed by atoms with E-state index < -0.39 is 17.3 Å². The summed E-state index contributed by atoms with van der Waals surface area (Å²) in [7, 11) is 0. The van der Waals surface area contributed by atoms with Crippen molar-refractivity contribution in [2.45, 2.75) is 12.2 Å². The van der Waals surface area contributed by atoms with E-state index in [1.807, 2.05) is 0 Å². The summed E-state index contributed by atoms with van der Waals surface area (Å²) in [6.07, 6.45) is -0.144. The van der Waals surface area contributed by atoms with Crippen molar-refractivity contribution in [2.24, 2.45) is 0 Å². The summed E-state index contributed by atoms with van der Waals surface area (Å²) in [5.74, 6) is -2.27. The highest BCUT2D eigenvalue weighted by atomic mass is 16.6. The van der Waals surface area contributed by atoms with Gasteiger partial charge in [0, 0.05) is 11.3 Å². The molecule has 0 aliphatic rings. The molecule has 0 amide bonds. The maximum Gasteiger partial charge on any atom is 0.257 e. The standard InChI is InChI=1S/C9H11NO4/c11-9(12,7-10(13)14)6-8-4-2-1-3-5-8/h1-5,11-12H,6-7H2. The number of aliphatic hydroxyl groups is 2. The molecule has 2 N–H and O–H groups in total. The molecule has 76 valence electrons. The van der Waals surface area contributed by atoms with Gasteiger partial charge >= 0.3 is 0 Å². The van der Waals surface area contributed by atoms with Crippen LogP contribution in [0.25, 0.3) is 0 Å². The van der Waals surface area contributed by atoms with Gasteiger partial charge in [0.25, 0.3) is 6.54 Å². The second kappa shape index (κ2) is 4.17. The van der Waals surface area contributed by atoms with Gasteiger partial charge in [0.2, 0.25) is 5.79 Å². The van der Waals surface area contributed by atoms with Crippen molar-refractivity contribution in [3.05, 3.63) is 46.0 Å². The van der Waals surface area contributed by atoms with Gasteiger partial charge in [-0.2, -0.15) is 0 Å². The molecule has 0 heterocycles. The molecule has 0 unspecified atom stereocenters. The highest BCUT2D eigenvalue weighted by molar-refractivity contribution is 5.16. The van der Waals surface area contributed by atoms with Crippen LogP contribution in [0.1, 0.15) is 5.56 Å². The Morgan fingerprint density at radius 3 is 2.36 bits per heavy atom. The Hall–Kier alpha value is -1.46. The predicted octanol–water partition coefficient (Wildman–Crippen LogP) is 0.187. The van der Waals surface area contributed by atoms with Crippen LogP contribution in [-0.2, 0) is 6.42 Å². The van der Waals surface area contributed by atoms with Crippen LogP contribution in [0.4, 0.5) is 0 Å². The predicted molar refractivity (Wildman–Crippen MR) is 49.2 cm³/mol. The molecule has 0 aliphatic heterocycles. The first-order valence-corrected chi connectivity index (χ1v) is 4.10. The quantitative estimate of drug-likeness (QED) is 0.410. The summed E-state index contributed by atoms with van der Waals surface area (Å²) < 4.78 is 0. The number of rotatable bonds is 4. The van der Waals surface area contributed by atoms with E-state index in [0.717, 1.165) is 0 Å². The van der Waals surface area contributed by atoms with E-state index in [-0.39, 0.29) is 6.42 Å². The largest absolute Gasteiger partial charge is 0.360 e. The molecular weight excluding hydrogens is 186 g/mol. The summed E-state index contributed by atoms with van der Waals surface area (Å²) in [4.78, 5) is 9.34. The van der Waals surface area contributed by atoms with Crippen molar-refractivity contribution in [1.82, 2.24) is 0 Å². The Morgan fingerprint density at radius 2 is 1.86 bits per heavy atom. The zero-order valence-corrected chi connectivity index (χ0v) is 7.46. The fourth-order valence-corrected chi connectivity index (χ4v) is 1.19. The maximum absolute atomic E-state index is 10.1. The summed E-state index contributed by atoms with van der Waals surface area (Å²) >= 11 is 0. The third-order valence-corrected chi connectivity index (χ3v) is 1.71. The van der Waals surface area contributed by atoms with Crippen molar-refractivity contribution in [3.63, 3.8) is 0 Å². The smallest absolute Gasteiger partial charge is 0.257 e. The zero-order chi connectivity index (χ0) is 10.6.